The Kier molecular flexibility index (Phi) is 4.25. The van der Waals surface area contributed by atoms with E-state index in [0.717, 1.165) is 0 Å². The molecule has 0 saturated heterocycles. The zero-order chi connectivity index (χ0) is 9.72. The zero-order valence-corrected chi connectivity index (χ0v) is 6.99. The minimum Gasteiger partial charge on any atom is -0.543 e. The monoisotopic (exact) mass is 168 g/mol. The first kappa shape index (κ1) is 10.9. The van der Waals surface area contributed by atoms with Crippen molar-refractivity contribution in [1.82, 2.24) is 0 Å². The molecule has 0 rings (SSSR count). The minimum atomic E-state index is -1.05. The first-order chi connectivity index (χ1) is 5.49. The normalized spacial score (nSPS) is 11.8. The predicted molar refractivity (Wildman–Crippen MR) is 41.3 cm³/mol. The number of Topliss-reactive ketones (excluding diaryl/α,β-unsaturated/α-hetero) is 2. The molecule has 0 fully saturated rings. The predicted octanol–water partition coefficient (Wildman–Crippen LogP) is -0.203. The smallest absolute Gasteiger partial charge is 0.378 e. The summed E-state index contributed by atoms with van der Waals surface area (Å²) < 4.78 is 3.86. The SMILES string of the molecule is [B]OC(=O)C(CC(C)=O)C(C)=O. The van der Waals surface area contributed by atoms with E-state index in [1.54, 1.807) is 0 Å². The summed E-state index contributed by atoms with van der Waals surface area (Å²) in [6.07, 6.45) is -0.147. The molecule has 0 aromatic heterocycles. The second-order valence-electron chi connectivity index (χ2n) is 2.51. The third kappa shape index (κ3) is 3.32. The van der Waals surface area contributed by atoms with Gasteiger partial charge in [0.15, 0.2) is 0 Å². The van der Waals surface area contributed by atoms with Crippen LogP contribution in [0, 0.1) is 5.92 Å². The summed E-state index contributed by atoms with van der Waals surface area (Å²) >= 11 is 0. The molecule has 1 unspecified atom stereocenters. The molecule has 1 atom stereocenters. The van der Waals surface area contributed by atoms with Crippen molar-refractivity contribution in [2.75, 3.05) is 0 Å². The second-order valence-corrected chi connectivity index (χ2v) is 2.51. The van der Waals surface area contributed by atoms with Crippen LogP contribution in [0.2, 0.25) is 0 Å². The van der Waals surface area contributed by atoms with Gasteiger partial charge in [-0.25, -0.2) is 0 Å². The van der Waals surface area contributed by atoms with Crippen LogP contribution in [0.25, 0.3) is 0 Å². The summed E-state index contributed by atoms with van der Waals surface area (Å²) in [5.74, 6) is -2.58. The second kappa shape index (κ2) is 4.69. The van der Waals surface area contributed by atoms with Crippen molar-refractivity contribution in [3.63, 3.8) is 0 Å². The summed E-state index contributed by atoms with van der Waals surface area (Å²) in [5, 5.41) is 0. The molecule has 0 bridgehead atoms. The highest BCUT2D eigenvalue weighted by Crippen LogP contribution is 2.07. The minimum absolute atomic E-state index is 0.147. The van der Waals surface area contributed by atoms with Crippen LogP contribution in [0.1, 0.15) is 20.3 Å². The van der Waals surface area contributed by atoms with Crippen LogP contribution >= 0.6 is 0 Å². The van der Waals surface area contributed by atoms with Gasteiger partial charge in [0, 0.05) is 6.42 Å². The van der Waals surface area contributed by atoms with E-state index in [0.29, 0.717) is 0 Å². The molecular formula is C7H9BO4. The van der Waals surface area contributed by atoms with Gasteiger partial charge in [-0.05, 0) is 13.8 Å². The van der Waals surface area contributed by atoms with Gasteiger partial charge in [0.25, 0.3) is 5.97 Å². The molecule has 0 amide bonds. The van der Waals surface area contributed by atoms with Gasteiger partial charge >= 0.3 is 8.05 Å². The molecule has 0 spiro atoms. The van der Waals surface area contributed by atoms with Crippen molar-refractivity contribution in [3.8, 4) is 0 Å². The van der Waals surface area contributed by atoms with Gasteiger partial charge in [-0.3, -0.25) is 14.4 Å². The van der Waals surface area contributed by atoms with E-state index >= 15 is 0 Å². The molecular weight excluding hydrogens is 159 g/mol. The summed E-state index contributed by atoms with van der Waals surface area (Å²) in [4.78, 5) is 32.1. The summed E-state index contributed by atoms with van der Waals surface area (Å²) in [5.41, 5.74) is 0. The summed E-state index contributed by atoms with van der Waals surface area (Å²) in [7, 11) is 4.57. The van der Waals surface area contributed by atoms with Crippen LogP contribution in [-0.2, 0) is 19.0 Å². The van der Waals surface area contributed by atoms with Crippen LogP contribution in [0.3, 0.4) is 0 Å². The van der Waals surface area contributed by atoms with E-state index < -0.39 is 17.7 Å². The maximum atomic E-state index is 10.8. The molecule has 64 valence electrons. The quantitative estimate of drug-likeness (QED) is 0.430. The third-order valence-corrected chi connectivity index (χ3v) is 1.38. The number of rotatable bonds is 4. The topological polar surface area (TPSA) is 60.4 Å². The number of hydrogen-bond acceptors (Lipinski definition) is 4. The molecule has 0 aliphatic heterocycles. The first-order valence-electron chi connectivity index (χ1n) is 3.39. The summed E-state index contributed by atoms with van der Waals surface area (Å²) in [6, 6.07) is 0. The molecule has 0 heterocycles. The Balaban J connectivity index is 4.33. The fourth-order valence-electron chi connectivity index (χ4n) is 0.763. The number of hydrogen-bond donors (Lipinski definition) is 0. The molecule has 4 nitrogen and oxygen atoms in total. The Morgan fingerprint density at radius 3 is 2.08 bits per heavy atom. The highest BCUT2D eigenvalue weighted by molar-refractivity contribution is 6.10. The Labute approximate surface area is 71.7 Å². The van der Waals surface area contributed by atoms with Gasteiger partial charge in [0.2, 0.25) is 0 Å². The molecule has 0 N–H and O–H groups in total. The lowest BCUT2D eigenvalue weighted by molar-refractivity contribution is -0.145. The van der Waals surface area contributed by atoms with Crippen molar-refractivity contribution in [3.05, 3.63) is 0 Å². The van der Waals surface area contributed by atoms with Crippen LogP contribution in [0.4, 0.5) is 0 Å². The van der Waals surface area contributed by atoms with Crippen LogP contribution < -0.4 is 0 Å². The van der Waals surface area contributed by atoms with Crippen molar-refractivity contribution in [2.24, 2.45) is 5.92 Å². The van der Waals surface area contributed by atoms with Gasteiger partial charge in [-0.1, -0.05) is 0 Å². The Morgan fingerprint density at radius 1 is 1.33 bits per heavy atom. The largest absolute Gasteiger partial charge is 0.543 e. The fraction of sp³-hybridized carbons (Fsp3) is 0.571. The van der Waals surface area contributed by atoms with E-state index in [4.69, 9.17) is 0 Å². The van der Waals surface area contributed by atoms with Gasteiger partial charge < -0.3 is 4.65 Å². The van der Waals surface area contributed by atoms with Crippen molar-refractivity contribution >= 4 is 25.6 Å². The Bertz CT molecular complexity index is 211. The van der Waals surface area contributed by atoms with Gasteiger partial charge in [-0.2, -0.15) is 0 Å². The average molecular weight is 168 g/mol. The Morgan fingerprint density at radius 2 is 1.83 bits per heavy atom. The van der Waals surface area contributed by atoms with E-state index in [-0.39, 0.29) is 12.2 Å². The van der Waals surface area contributed by atoms with Crippen LogP contribution in [0.15, 0.2) is 0 Å². The molecule has 0 saturated carbocycles. The zero-order valence-electron chi connectivity index (χ0n) is 6.99. The molecule has 0 aromatic carbocycles. The van der Waals surface area contributed by atoms with E-state index in [2.05, 4.69) is 12.7 Å². The maximum absolute atomic E-state index is 10.8. The van der Waals surface area contributed by atoms with Gasteiger partial charge in [0.1, 0.15) is 17.5 Å². The molecule has 12 heavy (non-hydrogen) atoms. The fourth-order valence-corrected chi connectivity index (χ4v) is 0.763. The molecule has 5 heteroatoms. The third-order valence-electron chi connectivity index (χ3n) is 1.38. The standard InChI is InChI=1S/C7H9BO4/c1-4(9)3-6(5(2)10)7(11)12-8/h6H,3H2,1-2H3. The lowest BCUT2D eigenvalue weighted by Gasteiger charge is -2.08. The van der Waals surface area contributed by atoms with Gasteiger partial charge in [-0.15, -0.1) is 0 Å². The van der Waals surface area contributed by atoms with Crippen LogP contribution in [-0.4, -0.2) is 25.6 Å². The highest BCUT2D eigenvalue weighted by atomic mass is 16.5. The molecule has 2 radical (unpaired) electrons. The number of carbonyl (C=O) groups is 3. The van der Waals surface area contributed by atoms with Crippen molar-refractivity contribution in [1.29, 1.82) is 0 Å². The summed E-state index contributed by atoms with van der Waals surface area (Å²) in [6.45, 7) is 2.50. The van der Waals surface area contributed by atoms with Crippen molar-refractivity contribution in [2.45, 2.75) is 20.3 Å². The van der Waals surface area contributed by atoms with Gasteiger partial charge in [0.05, 0.1) is 0 Å². The highest BCUT2D eigenvalue weighted by Gasteiger charge is 2.24. The maximum Gasteiger partial charge on any atom is 0.378 e. The number of carbonyl (C=O) groups excluding carboxylic acids is 3. The Hall–Kier alpha value is -1.13. The molecule has 0 aliphatic rings. The number of ketones is 2. The molecule has 0 aliphatic carbocycles. The van der Waals surface area contributed by atoms with E-state index in [1.165, 1.54) is 13.8 Å². The average Bonchev–Trinajstić information content (AvgIpc) is 1.98. The lowest BCUT2D eigenvalue weighted by Crippen LogP contribution is -2.25. The lowest BCUT2D eigenvalue weighted by atomic mass is 9.99. The van der Waals surface area contributed by atoms with Crippen molar-refractivity contribution < 1.29 is 19.0 Å². The van der Waals surface area contributed by atoms with E-state index in [9.17, 15) is 14.4 Å². The molecule has 0 aromatic rings. The van der Waals surface area contributed by atoms with E-state index in [1.807, 2.05) is 0 Å². The van der Waals surface area contributed by atoms with Crippen LogP contribution in [0.5, 0.6) is 0 Å². The first-order valence-corrected chi connectivity index (χ1v) is 3.39.